The topological polar surface area (TPSA) is 45.5 Å². The summed E-state index contributed by atoms with van der Waals surface area (Å²) in [4.78, 5) is 14.2. The molecular formula is C19H26N2O2. The monoisotopic (exact) mass is 314 g/mol. The second kappa shape index (κ2) is 6.75. The van der Waals surface area contributed by atoms with Gasteiger partial charge in [-0.15, -0.1) is 0 Å². The predicted octanol–water partition coefficient (Wildman–Crippen LogP) is 3.70. The Morgan fingerprint density at radius 1 is 1.22 bits per heavy atom. The molecule has 0 aliphatic carbocycles. The maximum atomic E-state index is 11.7. The van der Waals surface area contributed by atoms with Gasteiger partial charge in [-0.2, -0.15) is 0 Å². The molecule has 2 aromatic rings. The summed E-state index contributed by atoms with van der Waals surface area (Å²) in [6.45, 7) is 8.63. The minimum atomic E-state index is -0.827. The summed E-state index contributed by atoms with van der Waals surface area (Å²) >= 11 is 0. The number of hydrogen-bond acceptors (Lipinski definition) is 2. The zero-order valence-corrected chi connectivity index (χ0v) is 14.1. The van der Waals surface area contributed by atoms with Crippen LogP contribution in [0, 0.1) is 6.92 Å². The number of likely N-dealkylation sites (tertiary alicyclic amines) is 1. The molecule has 1 aromatic heterocycles. The van der Waals surface area contributed by atoms with Gasteiger partial charge in [-0.05, 0) is 63.4 Å². The third-order valence-electron chi connectivity index (χ3n) is 5.03. The summed E-state index contributed by atoms with van der Waals surface area (Å²) in [7, 11) is 0. The fourth-order valence-electron chi connectivity index (χ4n) is 3.88. The largest absolute Gasteiger partial charge is 0.478 e. The minimum absolute atomic E-state index is 0.442. The van der Waals surface area contributed by atoms with E-state index in [-0.39, 0.29) is 0 Å². The first-order valence-electron chi connectivity index (χ1n) is 8.69. The fraction of sp³-hybridized carbons (Fsp3) is 0.526. The van der Waals surface area contributed by atoms with Crippen molar-refractivity contribution in [2.45, 2.75) is 46.1 Å². The summed E-state index contributed by atoms with van der Waals surface area (Å²) in [5, 5.41) is 10.5. The zero-order chi connectivity index (χ0) is 16.4. The quantitative estimate of drug-likeness (QED) is 0.884. The maximum absolute atomic E-state index is 11.7. The number of carboxylic acid groups (broad SMARTS) is 1. The molecule has 23 heavy (non-hydrogen) atoms. The van der Waals surface area contributed by atoms with Crippen LogP contribution < -0.4 is 0 Å². The molecule has 0 bridgehead atoms. The Morgan fingerprint density at radius 2 is 1.96 bits per heavy atom. The van der Waals surface area contributed by atoms with Crippen LogP contribution in [0.15, 0.2) is 18.2 Å². The number of rotatable bonds is 6. The van der Waals surface area contributed by atoms with Gasteiger partial charge in [0, 0.05) is 29.7 Å². The van der Waals surface area contributed by atoms with Crippen LogP contribution in [-0.2, 0) is 13.0 Å². The molecule has 4 nitrogen and oxygen atoms in total. The number of carboxylic acids is 1. The lowest BCUT2D eigenvalue weighted by Gasteiger charge is -2.14. The van der Waals surface area contributed by atoms with E-state index in [2.05, 4.69) is 29.4 Å². The van der Waals surface area contributed by atoms with E-state index in [9.17, 15) is 9.90 Å². The van der Waals surface area contributed by atoms with Gasteiger partial charge in [0.15, 0.2) is 0 Å². The highest BCUT2D eigenvalue weighted by Crippen LogP contribution is 2.30. The number of aryl methyl sites for hydroxylation is 1. The second-order valence-corrected chi connectivity index (χ2v) is 6.52. The molecule has 1 N–H and O–H groups in total. The SMILES string of the molecule is CCCn1c(C)c(CCN2CCCC2)c2c(C(=O)O)cccc21. The van der Waals surface area contributed by atoms with Crippen molar-refractivity contribution in [1.82, 2.24) is 9.47 Å². The smallest absolute Gasteiger partial charge is 0.336 e. The highest BCUT2D eigenvalue weighted by molar-refractivity contribution is 6.05. The lowest BCUT2D eigenvalue weighted by molar-refractivity contribution is 0.0699. The molecule has 1 saturated heterocycles. The molecule has 4 heteroatoms. The molecule has 124 valence electrons. The van der Waals surface area contributed by atoms with Crippen LogP contribution in [0.1, 0.15) is 47.8 Å². The first kappa shape index (κ1) is 16.1. The summed E-state index contributed by atoms with van der Waals surface area (Å²) in [6, 6.07) is 5.66. The van der Waals surface area contributed by atoms with Gasteiger partial charge in [0.1, 0.15) is 0 Å². The summed E-state index contributed by atoms with van der Waals surface area (Å²) in [5.41, 5.74) is 3.96. The van der Waals surface area contributed by atoms with E-state index in [1.54, 1.807) is 6.07 Å². The summed E-state index contributed by atoms with van der Waals surface area (Å²) in [6.07, 6.45) is 4.56. The molecule has 1 fully saturated rings. The molecule has 1 aliphatic heterocycles. The molecule has 0 radical (unpaired) electrons. The number of benzene rings is 1. The van der Waals surface area contributed by atoms with Crippen molar-refractivity contribution in [3.63, 3.8) is 0 Å². The van der Waals surface area contributed by atoms with Crippen molar-refractivity contribution in [2.75, 3.05) is 19.6 Å². The van der Waals surface area contributed by atoms with Crippen molar-refractivity contribution in [3.05, 3.63) is 35.0 Å². The lowest BCUT2D eigenvalue weighted by atomic mass is 10.0. The normalized spacial score (nSPS) is 15.6. The average molecular weight is 314 g/mol. The van der Waals surface area contributed by atoms with Gasteiger partial charge >= 0.3 is 5.97 Å². The van der Waals surface area contributed by atoms with Gasteiger partial charge in [-0.1, -0.05) is 13.0 Å². The number of aromatic carboxylic acids is 1. The second-order valence-electron chi connectivity index (χ2n) is 6.52. The van der Waals surface area contributed by atoms with Crippen LogP contribution in [0.4, 0.5) is 0 Å². The Morgan fingerprint density at radius 3 is 2.61 bits per heavy atom. The van der Waals surface area contributed by atoms with E-state index in [1.165, 1.54) is 37.2 Å². The third kappa shape index (κ3) is 3.00. The molecule has 0 unspecified atom stereocenters. The van der Waals surface area contributed by atoms with E-state index in [1.807, 2.05) is 6.07 Å². The van der Waals surface area contributed by atoms with Crippen LogP contribution in [-0.4, -0.2) is 40.2 Å². The number of nitrogens with zero attached hydrogens (tertiary/aromatic N) is 2. The van der Waals surface area contributed by atoms with Crippen molar-refractivity contribution in [3.8, 4) is 0 Å². The highest BCUT2D eigenvalue weighted by Gasteiger charge is 2.20. The Balaban J connectivity index is 2.05. The van der Waals surface area contributed by atoms with Crippen LogP contribution in [0.5, 0.6) is 0 Å². The number of aromatic nitrogens is 1. The predicted molar refractivity (Wildman–Crippen MR) is 93.3 cm³/mol. The fourth-order valence-corrected chi connectivity index (χ4v) is 3.88. The molecule has 2 heterocycles. The van der Waals surface area contributed by atoms with Gasteiger partial charge in [0.05, 0.1) is 5.56 Å². The van der Waals surface area contributed by atoms with Gasteiger partial charge in [0.2, 0.25) is 0 Å². The van der Waals surface area contributed by atoms with Gasteiger partial charge in [0.25, 0.3) is 0 Å². The molecule has 1 aromatic carbocycles. The Bertz CT molecular complexity index is 712. The molecular weight excluding hydrogens is 288 g/mol. The molecule has 0 amide bonds. The van der Waals surface area contributed by atoms with E-state index < -0.39 is 5.97 Å². The van der Waals surface area contributed by atoms with Gasteiger partial charge < -0.3 is 14.6 Å². The standard InChI is InChI=1S/C19H26N2O2/c1-3-10-21-14(2)15(9-13-20-11-4-5-12-20)18-16(19(22)23)7-6-8-17(18)21/h6-8H,3-5,9-13H2,1-2H3,(H,22,23). The van der Waals surface area contributed by atoms with Gasteiger partial charge in [-0.3, -0.25) is 0 Å². The zero-order valence-electron chi connectivity index (χ0n) is 14.1. The van der Waals surface area contributed by atoms with Crippen LogP contribution >= 0.6 is 0 Å². The average Bonchev–Trinajstić information content (AvgIpc) is 3.13. The first-order valence-corrected chi connectivity index (χ1v) is 8.69. The summed E-state index contributed by atoms with van der Waals surface area (Å²) < 4.78 is 2.29. The molecule has 1 aliphatic rings. The first-order chi connectivity index (χ1) is 11.1. The molecule has 0 saturated carbocycles. The maximum Gasteiger partial charge on any atom is 0.336 e. The Kier molecular flexibility index (Phi) is 4.71. The van der Waals surface area contributed by atoms with Gasteiger partial charge in [-0.25, -0.2) is 4.79 Å². The third-order valence-corrected chi connectivity index (χ3v) is 5.03. The molecule has 0 atom stereocenters. The van der Waals surface area contributed by atoms with Crippen LogP contribution in [0.2, 0.25) is 0 Å². The van der Waals surface area contributed by atoms with Crippen molar-refractivity contribution in [2.24, 2.45) is 0 Å². The molecule has 3 rings (SSSR count). The minimum Gasteiger partial charge on any atom is -0.478 e. The summed E-state index contributed by atoms with van der Waals surface area (Å²) in [5.74, 6) is -0.827. The van der Waals surface area contributed by atoms with E-state index >= 15 is 0 Å². The van der Waals surface area contributed by atoms with Crippen molar-refractivity contribution < 1.29 is 9.90 Å². The van der Waals surface area contributed by atoms with E-state index in [0.29, 0.717) is 5.56 Å². The van der Waals surface area contributed by atoms with Crippen LogP contribution in [0.25, 0.3) is 10.9 Å². The lowest BCUT2D eigenvalue weighted by Crippen LogP contribution is -2.22. The number of hydrogen-bond donors (Lipinski definition) is 1. The Hall–Kier alpha value is -1.81. The van der Waals surface area contributed by atoms with Crippen molar-refractivity contribution in [1.29, 1.82) is 0 Å². The number of carbonyl (C=O) groups is 1. The van der Waals surface area contributed by atoms with Crippen molar-refractivity contribution >= 4 is 16.9 Å². The Labute approximate surface area is 137 Å². The highest BCUT2D eigenvalue weighted by atomic mass is 16.4. The van der Waals surface area contributed by atoms with Crippen LogP contribution in [0.3, 0.4) is 0 Å². The van der Waals surface area contributed by atoms with E-state index in [0.717, 1.165) is 36.8 Å². The molecule has 0 spiro atoms. The number of fused-ring (bicyclic) bond motifs is 1. The van der Waals surface area contributed by atoms with E-state index in [4.69, 9.17) is 0 Å².